The van der Waals surface area contributed by atoms with Crippen molar-refractivity contribution in [2.24, 2.45) is 0 Å². The zero-order valence-electron chi connectivity index (χ0n) is 16.2. The molecule has 5 nitrogen and oxygen atoms in total. The first-order valence-electron chi connectivity index (χ1n) is 8.67. The zero-order chi connectivity index (χ0) is 20.3. The third-order valence-electron chi connectivity index (χ3n) is 4.22. The fourth-order valence-electron chi connectivity index (χ4n) is 2.71. The second-order valence-electron chi connectivity index (χ2n) is 6.43. The number of carbonyl (C=O) groups excluding carboxylic acids is 1. The van der Waals surface area contributed by atoms with Crippen molar-refractivity contribution in [1.82, 2.24) is 9.88 Å². The molecule has 1 amide bonds. The maximum atomic E-state index is 13.4. The Bertz CT molecular complexity index is 991. The molecule has 0 fully saturated rings. The van der Waals surface area contributed by atoms with Crippen molar-refractivity contribution in [3.05, 3.63) is 47.0 Å². The summed E-state index contributed by atoms with van der Waals surface area (Å²) in [6, 6.07) is 11.2. The van der Waals surface area contributed by atoms with Gasteiger partial charge in [-0.3, -0.25) is 9.69 Å². The van der Waals surface area contributed by atoms with Crippen LogP contribution in [0.1, 0.15) is 10.4 Å². The summed E-state index contributed by atoms with van der Waals surface area (Å²) in [5.74, 6) is 0.320. The van der Waals surface area contributed by atoms with Crippen LogP contribution in [-0.2, 0) is 0 Å². The predicted octanol–water partition coefficient (Wildman–Crippen LogP) is 4.89. The molecular formula is C20H22ClN3O2S2. The highest BCUT2D eigenvalue weighted by Crippen LogP contribution is 2.33. The Labute approximate surface area is 178 Å². The van der Waals surface area contributed by atoms with Crippen molar-refractivity contribution in [3.63, 3.8) is 0 Å². The van der Waals surface area contributed by atoms with Crippen LogP contribution in [0.15, 0.2) is 41.3 Å². The number of nitrogens with zero attached hydrogens (tertiary/aromatic N) is 3. The summed E-state index contributed by atoms with van der Waals surface area (Å²) in [6.45, 7) is 1.22. The maximum absolute atomic E-state index is 13.4. The van der Waals surface area contributed by atoms with Crippen LogP contribution in [0.5, 0.6) is 5.75 Å². The lowest BCUT2D eigenvalue weighted by atomic mass is 10.1. The number of fused-ring (bicyclic) bond motifs is 1. The molecule has 28 heavy (non-hydrogen) atoms. The molecule has 0 unspecified atom stereocenters. The van der Waals surface area contributed by atoms with Crippen LogP contribution in [0.3, 0.4) is 0 Å². The summed E-state index contributed by atoms with van der Waals surface area (Å²) in [4.78, 5) is 23.0. The molecule has 3 rings (SSSR count). The Morgan fingerprint density at radius 2 is 2.00 bits per heavy atom. The van der Waals surface area contributed by atoms with Crippen molar-refractivity contribution in [1.29, 1.82) is 0 Å². The van der Waals surface area contributed by atoms with Gasteiger partial charge >= 0.3 is 0 Å². The molecule has 2 aromatic carbocycles. The van der Waals surface area contributed by atoms with E-state index in [0.29, 0.717) is 34.6 Å². The molecular weight excluding hydrogens is 414 g/mol. The standard InChI is InChI=1S/C20H22ClN3O2S2/c1-23(2)9-10-24(19(25)15-11-13(21)5-8-17(15)26-3)20-22-16-7-6-14(27-4)12-18(16)28-20/h5-8,11-12H,9-10H2,1-4H3. The summed E-state index contributed by atoms with van der Waals surface area (Å²) in [5, 5.41) is 1.16. The smallest absolute Gasteiger partial charge is 0.263 e. The fraction of sp³-hybridized carbons (Fsp3) is 0.300. The van der Waals surface area contributed by atoms with E-state index in [1.165, 1.54) is 16.2 Å². The Morgan fingerprint density at radius 1 is 1.21 bits per heavy atom. The number of anilines is 1. The summed E-state index contributed by atoms with van der Waals surface area (Å²) >= 11 is 9.35. The molecule has 0 aliphatic heterocycles. The minimum absolute atomic E-state index is 0.176. The van der Waals surface area contributed by atoms with Crippen molar-refractivity contribution >= 4 is 56.0 Å². The van der Waals surface area contributed by atoms with Gasteiger partial charge in [-0.25, -0.2) is 4.98 Å². The fourth-order valence-corrected chi connectivity index (χ4v) is 4.43. The van der Waals surface area contributed by atoms with Crippen LogP contribution < -0.4 is 9.64 Å². The van der Waals surface area contributed by atoms with E-state index in [1.807, 2.05) is 37.4 Å². The molecule has 0 aliphatic carbocycles. The maximum Gasteiger partial charge on any atom is 0.263 e. The monoisotopic (exact) mass is 435 g/mol. The van der Waals surface area contributed by atoms with E-state index < -0.39 is 0 Å². The van der Waals surface area contributed by atoms with E-state index in [0.717, 1.165) is 10.2 Å². The van der Waals surface area contributed by atoms with Gasteiger partial charge < -0.3 is 9.64 Å². The molecule has 1 heterocycles. The number of ether oxygens (including phenoxy) is 1. The first-order chi connectivity index (χ1) is 13.4. The van der Waals surface area contributed by atoms with E-state index in [1.54, 1.807) is 42.0 Å². The minimum atomic E-state index is -0.176. The predicted molar refractivity (Wildman–Crippen MR) is 120 cm³/mol. The van der Waals surface area contributed by atoms with E-state index in [2.05, 4.69) is 6.07 Å². The summed E-state index contributed by atoms with van der Waals surface area (Å²) < 4.78 is 6.44. The largest absolute Gasteiger partial charge is 0.496 e. The van der Waals surface area contributed by atoms with Crippen LogP contribution in [0.4, 0.5) is 5.13 Å². The lowest BCUT2D eigenvalue weighted by Crippen LogP contribution is -2.37. The molecule has 3 aromatic rings. The molecule has 1 aromatic heterocycles. The molecule has 0 spiro atoms. The van der Waals surface area contributed by atoms with Crippen LogP contribution >= 0.6 is 34.7 Å². The highest BCUT2D eigenvalue weighted by atomic mass is 35.5. The number of likely N-dealkylation sites (N-methyl/N-ethyl adjacent to an activating group) is 1. The van der Waals surface area contributed by atoms with Crippen molar-refractivity contribution in [3.8, 4) is 5.75 Å². The van der Waals surface area contributed by atoms with E-state index in [4.69, 9.17) is 21.3 Å². The van der Waals surface area contributed by atoms with Crippen molar-refractivity contribution in [2.75, 3.05) is 45.5 Å². The number of methoxy groups -OCH3 is 1. The van der Waals surface area contributed by atoms with Gasteiger partial charge in [0.15, 0.2) is 5.13 Å². The van der Waals surface area contributed by atoms with Crippen LogP contribution in [0.2, 0.25) is 5.02 Å². The summed E-state index contributed by atoms with van der Waals surface area (Å²) in [5.41, 5.74) is 1.32. The second kappa shape index (κ2) is 9.13. The average Bonchev–Trinajstić information content (AvgIpc) is 3.10. The molecule has 0 radical (unpaired) electrons. The van der Waals surface area contributed by atoms with Gasteiger partial charge in [0, 0.05) is 23.0 Å². The number of amides is 1. The van der Waals surface area contributed by atoms with Gasteiger partial charge in [-0.2, -0.15) is 0 Å². The quantitative estimate of drug-likeness (QED) is 0.494. The van der Waals surface area contributed by atoms with Gasteiger partial charge in [-0.05, 0) is 56.7 Å². The van der Waals surface area contributed by atoms with Gasteiger partial charge in [0.2, 0.25) is 0 Å². The Morgan fingerprint density at radius 3 is 2.68 bits per heavy atom. The van der Waals surface area contributed by atoms with Crippen LogP contribution in [-0.4, -0.2) is 56.3 Å². The molecule has 0 atom stereocenters. The molecule has 8 heteroatoms. The number of thiazole rings is 1. The summed E-state index contributed by atoms with van der Waals surface area (Å²) in [7, 11) is 5.50. The number of thioether (sulfide) groups is 1. The van der Waals surface area contributed by atoms with Crippen LogP contribution in [0, 0.1) is 0 Å². The topological polar surface area (TPSA) is 45.7 Å². The molecule has 0 N–H and O–H groups in total. The van der Waals surface area contributed by atoms with E-state index in [9.17, 15) is 4.79 Å². The number of halogens is 1. The van der Waals surface area contributed by atoms with E-state index >= 15 is 0 Å². The first kappa shape index (κ1) is 20.9. The first-order valence-corrected chi connectivity index (χ1v) is 11.1. The highest BCUT2D eigenvalue weighted by molar-refractivity contribution is 7.98. The number of hydrogen-bond acceptors (Lipinski definition) is 6. The Kier molecular flexibility index (Phi) is 6.82. The molecule has 0 aliphatic rings. The third kappa shape index (κ3) is 4.60. The minimum Gasteiger partial charge on any atom is -0.496 e. The van der Waals surface area contributed by atoms with Gasteiger partial charge in [-0.15, -0.1) is 11.8 Å². The third-order valence-corrected chi connectivity index (χ3v) is 6.22. The Hall–Kier alpha value is -1.80. The number of hydrogen-bond donors (Lipinski definition) is 0. The number of carbonyl (C=O) groups is 1. The molecule has 0 saturated heterocycles. The van der Waals surface area contributed by atoms with Crippen molar-refractivity contribution < 1.29 is 9.53 Å². The highest BCUT2D eigenvalue weighted by Gasteiger charge is 2.24. The molecule has 148 valence electrons. The summed E-state index contributed by atoms with van der Waals surface area (Å²) in [6.07, 6.45) is 2.04. The van der Waals surface area contributed by atoms with Gasteiger partial charge in [0.1, 0.15) is 5.75 Å². The van der Waals surface area contributed by atoms with Gasteiger partial charge in [-0.1, -0.05) is 22.9 Å². The molecule has 0 saturated carbocycles. The molecule has 0 bridgehead atoms. The average molecular weight is 436 g/mol. The number of aromatic nitrogens is 1. The van der Waals surface area contributed by atoms with Crippen molar-refractivity contribution in [2.45, 2.75) is 4.90 Å². The number of rotatable bonds is 7. The van der Waals surface area contributed by atoms with Gasteiger partial charge in [0.25, 0.3) is 5.91 Å². The lowest BCUT2D eigenvalue weighted by Gasteiger charge is -2.23. The van der Waals surface area contributed by atoms with Crippen LogP contribution in [0.25, 0.3) is 10.2 Å². The number of benzene rings is 2. The normalized spacial score (nSPS) is 11.2. The Balaban J connectivity index is 2.04. The SMILES string of the molecule is COc1ccc(Cl)cc1C(=O)N(CCN(C)C)c1nc2ccc(SC)cc2s1. The van der Waals surface area contributed by atoms with E-state index in [-0.39, 0.29) is 5.91 Å². The lowest BCUT2D eigenvalue weighted by molar-refractivity contribution is 0.0982. The van der Waals surface area contributed by atoms with Gasteiger partial charge in [0.05, 0.1) is 22.9 Å². The second-order valence-corrected chi connectivity index (χ2v) is 8.76. The zero-order valence-corrected chi connectivity index (χ0v) is 18.6.